The first-order chi connectivity index (χ1) is 9.95. The van der Waals surface area contributed by atoms with Crippen LogP contribution in [0.15, 0.2) is 0 Å². The van der Waals surface area contributed by atoms with Crippen LogP contribution < -0.4 is 16.0 Å². The molecule has 9 heteroatoms. The number of aliphatic carboxylic acids is 1. The highest BCUT2D eigenvalue weighted by atomic mass is 16.4. The Bertz CT molecular complexity index is 463. The molecule has 1 heterocycles. The number of rotatable bonds is 5. The molecular weight excluding hydrogens is 280 g/mol. The summed E-state index contributed by atoms with van der Waals surface area (Å²) >= 11 is 0. The third kappa shape index (κ3) is 4.71. The van der Waals surface area contributed by atoms with Gasteiger partial charge < -0.3 is 15.7 Å². The summed E-state index contributed by atoms with van der Waals surface area (Å²) in [5.74, 6) is -2.09. The number of carbonyl (C=O) groups is 4. The van der Waals surface area contributed by atoms with Crippen molar-refractivity contribution in [3.8, 4) is 0 Å². The molecule has 21 heavy (non-hydrogen) atoms. The molecule has 1 saturated carbocycles. The van der Waals surface area contributed by atoms with Crippen LogP contribution in [0.1, 0.15) is 19.3 Å². The molecule has 0 spiro atoms. The number of piperazine rings is 1. The van der Waals surface area contributed by atoms with Crippen molar-refractivity contribution in [1.29, 1.82) is 0 Å². The average Bonchev–Trinajstić information content (AvgIpc) is 3.16. The van der Waals surface area contributed by atoms with Crippen molar-refractivity contribution in [2.24, 2.45) is 0 Å². The summed E-state index contributed by atoms with van der Waals surface area (Å²) in [5.41, 5.74) is 0. The van der Waals surface area contributed by atoms with Gasteiger partial charge in [0.15, 0.2) is 0 Å². The number of amides is 4. The Morgan fingerprint density at radius 3 is 2.67 bits per heavy atom. The molecule has 1 saturated heterocycles. The van der Waals surface area contributed by atoms with Gasteiger partial charge in [0.1, 0.15) is 6.04 Å². The summed E-state index contributed by atoms with van der Waals surface area (Å²) in [6, 6.07) is -1.31. The van der Waals surface area contributed by atoms with Gasteiger partial charge in [-0.2, -0.15) is 0 Å². The molecule has 1 unspecified atom stereocenters. The quantitative estimate of drug-likeness (QED) is 0.476. The van der Waals surface area contributed by atoms with Gasteiger partial charge >= 0.3 is 12.0 Å². The van der Waals surface area contributed by atoms with Crippen LogP contribution in [0.2, 0.25) is 0 Å². The second-order valence-corrected chi connectivity index (χ2v) is 5.17. The Labute approximate surface area is 121 Å². The number of nitrogens with one attached hydrogen (secondary N) is 3. The Morgan fingerprint density at radius 2 is 2.05 bits per heavy atom. The van der Waals surface area contributed by atoms with E-state index in [0.29, 0.717) is 13.1 Å². The number of carbonyl (C=O) groups excluding carboxylic acids is 3. The number of hydrogen-bond acceptors (Lipinski definition) is 5. The second-order valence-electron chi connectivity index (χ2n) is 5.17. The number of carboxylic acid groups (broad SMARTS) is 1. The maximum Gasteiger partial charge on any atom is 0.321 e. The van der Waals surface area contributed by atoms with Crippen molar-refractivity contribution in [3.63, 3.8) is 0 Å². The molecule has 2 rings (SSSR count). The highest BCUT2D eigenvalue weighted by molar-refractivity contribution is 5.96. The van der Waals surface area contributed by atoms with Crippen molar-refractivity contribution in [3.05, 3.63) is 0 Å². The fraction of sp³-hybridized carbons (Fsp3) is 0.667. The van der Waals surface area contributed by atoms with Crippen molar-refractivity contribution in [2.75, 3.05) is 19.6 Å². The van der Waals surface area contributed by atoms with Crippen LogP contribution in [0, 0.1) is 0 Å². The maximum atomic E-state index is 11.8. The van der Waals surface area contributed by atoms with Gasteiger partial charge in [0.05, 0.1) is 13.0 Å². The topological polar surface area (TPSA) is 128 Å². The SMILES string of the molecule is O=C(O)CC1C(=O)NCCN1CC(=O)NC(=O)NC1CC1. The van der Waals surface area contributed by atoms with E-state index < -0.39 is 29.9 Å². The third-order valence-corrected chi connectivity index (χ3v) is 3.32. The first kappa shape index (κ1) is 15.2. The predicted molar refractivity (Wildman–Crippen MR) is 70.3 cm³/mol. The predicted octanol–water partition coefficient (Wildman–Crippen LogP) is -1.75. The smallest absolute Gasteiger partial charge is 0.321 e. The van der Waals surface area contributed by atoms with Crippen molar-refractivity contribution < 1.29 is 24.3 Å². The number of nitrogens with zero attached hydrogens (tertiary/aromatic N) is 1. The summed E-state index contributed by atoms with van der Waals surface area (Å²) in [6.45, 7) is 0.515. The fourth-order valence-electron chi connectivity index (χ4n) is 2.14. The molecule has 9 nitrogen and oxygen atoms in total. The monoisotopic (exact) mass is 298 g/mol. The minimum atomic E-state index is -1.12. The minimum Gasteiger partial charge on any atom is -0.481 e. The van der Waals surface area contributed by atoms with Crippen LogP contribution in [0.5, 0.6) is 0 Å². The highest BCUT2D eigenvalue weighted by Crippen LogP contribution is 2.18. The molecule has 1 atom stereocenters. The Morgan fingerprint density at radius 1 is 1.33 bits per heavy atom. The van der Waals surface area contributed by atoms with Gasteiger partial charge in [0.25, 0.3) is 0 Å². The summed E-state index contributed by atoms with van der Waals surface area (Å²) in [5, 5.41) is 16.2. The zero-order valence-corrected chi connectivity index (χ0v) is 11.4. The Hall–Kier alpha value is -2.16. The van der Waals surface area contributed by atoms with Crippen LogP contribution in [0.25, 0.3) is 0 Å². The Balaban J connectivity index is 1.85. The van der Waals surface area contributed by atoms with E-state index in [1.165, 1.54) is 4.90 Å². The van der Waals surface area contributed by atoms with Crippen LogP contribution in [0.3, 0.4) is 0 Å². The normalized spacial score (nSPS) is 22.3. The van der Waals surface area contributed by atoms with Gasteiger partial charge in [0, 0.05) is 19.1 Å². The lowest BCUT2D eigenvalue weighted by Crippen LogP contribution is -2.58. The molecule has 0 radical (unpaired) electrons. The number of hydrogen-bond donors (Lipinski definition) is 4. The van der Waals surface area contributed by atoms with Gasteiger partial charge in [0.2, 0.25) is 11.8 Å². The lowest BCUT2D eigenvalue weighted by Gasteiger charge is -2.33. The van der Waals surface area contributed by atoms with E-state index in [1.807, 2.05) is 0 Å². The molecule has 4 N–H and O–H groups in total. The summed E-state index contributed by atoms with van der Waals surface area (Å²) < 4.78 is 0. The summed E-state index contributed by atoms with van der Waals surface area (Å²) in [4.78, 5) is 47.1. The number of carboxylic acids is 1. The largest absolute Gasteiger partial charge is 0.481 e. The van der Waals surface area contributed by atoms with Crippen molar-refractivity contribution in [1.82, 2.24) is 20.9 Å². The van der Waals surface area contributed by atoms with E-state index in [9.17, 15) is 19.2 Å². The van der Waals surface area contributed by atoms with E-state index >= 15 is 0 Å². The zero-order valence-electron chi connectivity index (χ0n) is 11.4. The molecule has 1 aliphatic heterocycles. The van der Waals surface area contributed by atoms with Crippen LogP contribution in [-0.2, 0) is 14.4 Å². The van der Waals surface area contributed by atoms with Gasteiger partial charge in [-0.15, -0.1) is 0 Å². The first-order valence-electron chi connectivity index (χ1n) is 6.79. The zero-order chi connectivity index (χ0) is 15.4. The molecular formula is C12H18N4O5. The molecule has 116 valence electrons. The molecule has 0 aromatic carbocycles. The van der Waals surface area contributed by atoms with E-state index in [4.69, 9.17) is 5.11 Å². The number of imide groups is 1. The van der Waals surface area contributed by atoms with Gasteiger partial charge in [-0.25, -0.2) is 4.79 Å². The van der Waals surface area contributed by atoms with Crippen LogP contribution in [0.4, 0.5) is 4.79 Å². The highest BCUT2D eigenvalue weighted by Gasteiger charge is 2.33. The van der Waals surface area contributed by atoms with E-state index in [-0.39, 0.29) is 19.0 Å². The first-order valence-corrected chi connectivity index (χ1v) is 6.79. The van der Waals surface area contributed by atoms with Crippen LogP contribution >= 0.6 is 0 Å². The second kappa shape index (κ2) is 6.53. The molecule has 1 aliphatic carbocycles. The lowest BCUT2D eigenvalue weighted by molar-refractivity contribution is -0.144. The number of urea groups is 1. The molecule has 2 aliphatic rings. The van der Waals surface area contributed by atoms with Gasteiger partial charge in [-0.05, 0) is 12.8 Å². The van der Waals surface area contributed by atoms with Gasteiger partial charge in [-0.1, -0.05) is 0 Å². The minimum absolute atomic E-state index is 0.137. The molecule has 4 amide bonds. The van der Waals surface area contributed by atoms with Crippen molar-refractivity contribution in [2.45, 2.75) is 31.3 Å². The molecule has 0 aromatic rings. The van der Waals surface area contributed by atoms with E-state index in [0.717, 1.165) is 12.8 Å². The maximum absolute atomic E-state index is 11.8. The molecule has 0 bridgehead atoms. The fourth-order valence-corrected chi connectivity index (χ4v) is 2.14. The van der Waals surface area contributed by atoms with Gasteiger partial charge in [-0.3, -0.25) is 24.6 Å². The van der Waals surface area contributed by atoms with Crippen LogP contribution in [-0.4, -0.2) is 65.5 Å². The standard InChI is InChI=1S/C12H18N4O5/c17-9(15-12(21)14-7-1-2-7)6-16-4-3-13-11(20)8(16)5-10(18)19/h7-8H,1-6H2,(H,13,20)(H,18,19)(H2,14,15,17,21). The summed E-state index contributed by atoms with van der Waals surface area (Å²) in [7, 11) is 0. The van der Waals surface area contributed by atoms with E-state index in [2.05, 4.69) is 16.0 Å². The summed E-state index contributed by atoms with van der Waals surface area (Å²) in [6.07, 6.45) is 1.44. The third-order valence-electron chi connectivity index (χ3n) is 3.32. The van der Waals surface area contributed by atoms with E-state index in [1.54, 1.807) is 0 Å². The average molecular weight is 298 g/mol. The lowest BCUT2D eigenvalue weighted by atomic mass is 10.1. The molecule has 2 fully saturated rings. The van der Waals surface area contributed by atoms with Crippen molar-refractivity contribution >= 4 is 23.8 Å². The molecule has 0 aromatic heterocycles. The Kier molecular flexibility index (Phi) is 4.73.